The molecule has 0 bridgehead atoms. The fraction of sp³-hybridized carbons (Fsp3) is 0.238. The minimum Gasteiger partial charge on any atom is -0.394 e. The molecule has 1 unspecified atom stereocenters. The van der Waals surface area contributed by atoms with Gasteiger partial charge in [0.25, 0.3) is 0 Å². The van der Waals surface area contributed by atoms with E-state index in [4.69, 9.17) is 9.63 Å². The van der Waals surface area contributed by atoms with Gasteiger partial charge in [0.05, 0.1) is 31.1 Å². The number of likely N-dealkylation sites (N-methyl/N-ethyl adjacent to an activating group) is 1. The van der Waals surface area contributed by atoms with Gasteiger partial charge in [-0.1, -0.05) is 23.4 Å². The van der Waals surface area contributed by atoms with Crippen LogP contribution in [0.5, 0.6) is 0 Å². The van der Waals surface area contributed by atoms with Gasteiger partial charge in [0.1, 0.15) is 23.5 Å². The van der Waals surface area contributed by atoms with E-state index in [-0.39, 0.29) is 30.5 Å². The van der Waals surface area contributed by atoms with E-state index in [1.807, 2.05) is 0 Å². The Labute approximate surface area is 181 Å². The van der Waals surface area contributed by atoms with Gasteiger partial charge in [0, 0.05) is 25.2 Å². The fourth-order valence-corrected chi connectivity index (χ4v) is 3.19. The molecule has 0 aliphatic rings. The largest absolute Gasteiger partial charge is 0.394 e. The van der Waals surface area contributed by atoms with Crippen LogP contribution in [-0.2, 0) is 6.54 Å². The molecular weight excluding hydrogens is 422 g/mol. The maximum absolute atomic E-state index is 14.3. The lowest BCUT2D eigenvalue weighted by Crippen LogP contribution is -2.32. The topological polar surface area (TPSA) is 113 Å². The summed E-state index contributed by atoms with van der Waals surface area (Å²) in [6.45, 7) is -0.382. The minimum absolute atomic E-state index is 0.0320. The Hall–Kier alpha value is -3.70. The lowest BCUT2D eigenvalue weighted by molar-refractivity contribution is 0.101. The van der Waals surface area contributed by atoms with E-state index < -0.39 is 18.5 Å². The molecule has 0 aliphatic carbocycles. The molecule has 3 heterocycles. The van der Waals surface area contributed by atoms with Crippen LogP contribution in [0, 0.1) is 11.6 Å². The zero-order valence-corrected chi connectivity index (χ0v) is 17.1. The molecule has 11 heteroatoms. The third-order valence-corrected chi connectivity index (χ3v) is 4.77. The molecule has 2 N–H and O–H groups in total. The number of aromatic nitrogens is 5. The van der Waals surface area contributed by atoms with Gasteiger partial charge < -0.3 is 19.6 Å². The van der Waals surface area contributed by atoms with Gasteiger partial charge in [0.15, 0.2) is 17.5 Å². The molecule has 0 saturated heterocycles. The Morgan fingerprint density at radius 3 is 2.69 bits per heavy atom. The Bertz CT molecular complexity index is 1200. The molecule has 0 aliphatic heterocycles. The lowest BCUT2D eigenvalue weighted by Gasteiger charge is -2.21. The summed E-state index contributed by atoms with van der Waals surface area (Å²) < 4.78 is 35.0. The van der Waals surface area contributed by atoms with Gasteiger partial charge in [-0.25, -0.2) is 18.7 Å². The molecule has 1 aromatic carbocycles. The quantitative estimate of drug-likeness (QED) is 0.427. The third-order valence-electron chi connectivity index (χ3n) is 4.77. The SMILES string of the molecule is CN(CC(O)CO)c1nc(-c2cc(-c3ccon3)n(Cc3ccccc3F)n2)ncc1F. The van der Waals surface area contributed by atoms with Crippen molar-refractivity contribution in [2.45, 2.75) is 12.6 Å². The Kier molecular flexibility index (Phi) is 6.19. The summed E-state index contributed by atoms with van der Waals surface area (Å²) in [5, 5.41) is 27.1. The van der Waals surface area contributed by atoms with Crippen LogP contribution in [0.1, 0.15) is 5.56 Å². The third kappa shape index (κ3) is 4.48. The molecule has 32 heavy (non-hydrogen) atoms. The molecule has 0 fully saturated rings. The van der Waals surface area contributed by atoms with Crippen LogP contribution < -0.4 is 4.90 Å². The van der Waals surface area contributed by atoms with Crippen molar-refractivity contribution in [2.24, 2.45) is 0 Å². The summed E-state index contributed by atoms with van der Waals surface area (Å²) in [6, 6.07) is 9.63. The van der Waals surface area contributed by atoms with Crippen LogP contribution in [0.4, 0.5) is 14.6 Å². The zero-order chi connectivity index (χ0) is 22.7. The normalized spacial score (nSPS) is 12.2. The molecule has 1 atom stereocenters. The van der Waals surface area contributed by atoms with Crippen molar-refractivity contribution in [1.29, 1.82) is 0 Å². The molecule has 0 saturated carbocycles. The van der Waals surface area contributed by atoms with Crippen LogP contribution in [0.3, 0.4) is 0 Å². The highest BCUT2D eigenvalue weighted by Gasteiger charge is 2.20. The Morgan fingerprint density at radius 1 is 1.16 bits per heavy atom. The summed E-state index contributed by atoms with van der Waals surface area (Å²) in [5.74, 6) is -0.998. The first-order valence-electron chi connectivity index (χ1n) is 9.71. The first-order valence-corrected chi connectivity index (χ1v) is 9.71. The minimum atomic E-state index is -1.06. The van der Waals surface area contributed by atoms with Crippen LogP contribution >= 0.6 is 0 Å². The second-order valence-corrected chi connectivity index (χ2v) is 7.13. The van der Waals surface area contributed by atoms with Crippen molar-refractivity contribution in [3.63, 3.8) is 0 Å². The number of benzene rings is 1. The smallest absolute Gasteiger partial charge is 0.183 e. The van der Waals surface area contributed by atoms with Crippen molar-refractivity contribution in [1.82, 2.24) is 24.9 Å². The number of hydrogen-bond donors (Lipinski definition) is 2. The van der Waals surface area contributed by atoms with Crippen molar-refractivity contribution in [3.8, 4) is 22.9 Å². The number of hydrogen-bond acceptors (Lipinski definition) is 8. The number of halogens is 2. The first kappa shape index (κ1) is 21.5. The molecule has 4 aromatic rings. The van der Waals surface area contributed by atoms with Gasteiger partial charge >= 0.3 is 0 Å². The molecule has 0 spiro atoms. The first-order chi connectivity index (χ1) is 15.5. The maximum atomic E-state index is 14.3. The lowest BCUT2D eigenvalue weighted by atomic mass is 10.2. The number of nitrogens with zero attached hydrogens (tertiary/aromatic N) is 6. The molecule has 0 radical (unpaired) electrons. The standard InChI is InChI=1S/C21H20F2N6O3/c1-28(11-14(31)12-30)21-16(23)9-24-20(25-21)18-8-19(17-6-7-32-27-17)29(26-18)10-13-4-2-3-5-15(13)22/h2-9,14,30-31H,10-12H2,1H3. The van der Waals surface area contributed by atoms with Gasteiger partial charge in [-0.3, -0.25) is 4.68 Å². The van der Waals surface area contributed by atoms with Crippen LogP contribution in [0.2, 0.25) is 0 Å². The highest BCUT2D eigenvalue weighted by atomic mass is 19.1. The van der Waals surface area contributed by atoms with E-state index in [1.54, 1.807) is 30.3 Å². The number of aliphatic hydroxyl groups is 2. The predicted octanol–water partition coefficient (Wildman–Crippen LogP) is 2.11. The second-order valence-electron chi connectivity index (χ2n) is 7.13. The van der Waals surface area contributed by atoms with Crippen molar-refractivity contribution >= 4 is 5.82 Å². The highest BCUT2D eigenvalue weighted by Crippen LogP contribution is 2.26. The predicted molar refractivity (Wildman–Crippen MR) is 111 cm³/mol. The van der Waals surface area contributed by atoms with E-state index in [0.717, 1.165) is 6.20 Å². The highest BCUT2D eigenvalue weighted by molar-refractivity contribution is 5.63. The van der Waals surface area contributed by atoms with E-state index in [1.165, 1.54) is 29.0 Å². The molecule has 9 nitrogen and oxygen atoms in total. The number of aliphatic hydroxyl groups excluding tert-OH is 2. The number of anilines is 1. The van der Waals surface area contributed by atoms with Crippen LogP contribution in [0.25, 0.3) is 22.9 Å². The van der Waals surface area contributed by atoms with E-state index >= 15 is 0 Å². The van der Waals surface area contributed by atoms with Crippen molar-refractivity contribution in [3.05, 3.63) is 66.1 Å². The van der Waals surface area contributed by atoms with Crippen LogP contribution in [0.15, 0.2) is 53.4 Å². The summed E-state index contributed by atoms with van der Waals surface area (Å²) in [7, 11) is 1.53. The maximum Gasteiger partial charge on any atom is 0.183 e. The summed E-state index contributed by atoms with van der Waals surface area (Å²) >= 11 is 0. The van der Waals surface area contributed by atoms with E-state index in [0.29, 0.717) is 22.6 Å². The average molecular weight is 442 g/mol. The fourth-order valence-electron chi connectivity index (χ4n) is 3.19. The Balaban J connectivity index is 1.73. The summed E-state index contributed by atoms with van der Waals surface area (Å²) in [4.78, 5) is 9.65. The molecular formula is C21H20F2N6O3. The van der Waals surface area contributed by atoms with Crippen LogP contribution in [-0.4, -0.2) is 61.4 Å². The van der Waals surface area contributed by atoms with E-state index in [2.05, 4.69) is 20.2 Å². The van der Waals surface area contributed by atoms with Gasteiger partial charge in [-0.2, -0.15) is 5.10 Å². The van der Waals surface area contributed by atoms with E-state index in [9.17, 15) is 13.9 Å². The van der Waals surface area contributed by atoms with Gasteiger partial charge in [-0.15, -0.1) is 0 Å². The Morgan fingerprint density at radius 2 is 1.97 bits per heavy atom. The van der Waals surface area contributed by atoms with Gasteiger partial charge in [0.2, 0.25) is 0 Å². The summed E-state index contributed by atoms with van der Waals surface area (Å²) in [6.07, 6.45) is 1.35. The second kappa shape index (κ2) is 9.20. The van der Waals surface area contributed by atoms with Crippen molar-refractivity contribution < 1.29 is 23.5 Å². The zero-order valence-electron chi connectivity index (χ0n) is 17.1. The monoisotopic (exact) mass is 442 g/mol. The van der Waals surface area contributed by atoms with Gasteiger partial charge in [-0.05, 0) is 12.1 Å². The average Bonchev–Trinajstić information content (AvgIpc) is 3.45. The molecule has 3 aromatic heterocycles. The molecule has 166 valence electrons. The number of rotatable bonds is 8. The molecule has 0 amide bonds. The van der Waals surface area contributed by atoms with Crippen molar-refractivity contribution in [2.75, 3.05) is 25.1 Å². The molecule has 4 rings (SSSR count). The summed E-state index contributed by atoms with van der Waals surface area (Å²) in [5.41, 5.74) is 1.75.